The second kappa shape index (κ2) is 8.97. The first-order chi connectivity index (χ1) is 15.2. The van der Waals surface area contributed by atoms with Crippen molar-refractivity contribution in [1.29, 1.82) is 0 Å². The molecule has 0 radical (unpaired) electrons. The minimum Gasteiger partial charge on any atom is -0.444 e. The molecule has 32 heavy (non-hydrogen) atoms. The molecule has 9 nitrogen and oxygen atoms in total. The molecule has 2 unspecified atom stereocenters. The second-order valence-electron chi connectivity index (χ2n) is 9.64. The summed E-state index contributed by atoms with van der Waals surface area (Å²) in [5, 5.41) is 3.03. The zero-order valence-electron chi connectivity index (χ0n) is 19.3. The van der Waals surface area contributed by atoms with Crippen LogP contribution in [0, 0.1) is 11.8 Å². The van der Waals surface area contributed by atoms with Gasteiger partial charge in [0.1, 0.15) is 5.60 Å². The summed E-state index contributed by atoms with van der Waals surface area (Å²) < 4.78 is 10.9. The van der Waals surface area contributed by atoms with Crippen LogP contribution in [0.3, 0.4) is 0 Å². The van der Waals surface area contributed by atoms with Gasteiger partial charge in [0.05, 0.1) is 24.2 Å². The normalized spacial score (nSPS) is 20.4. The predicted octanol–water partition coefficient (Wildman–Crippen LogP) is 3.23. The molecule has 2 amide bonds. The third-order valence-corrected chi connectivity index (χ3v) is 6.04. The molecule has 0 saturated carbocycles. The summed E-state index contributed by atoms with van der Waals surface area (Å²) >= 11 is 0. The van der Waals surface area contributed by atoms with Crippen molar-refractivity contribution in [3.05, 3.63) is 18.2 Å². The number of hydrogen-bond acceptors (Lipinski definition) is 6. The Morgan fingerprint density at radius 3 is 2.72 bits per heavy atom. The van der Waals surface area contributed by atoms with Crippen molar-refractivity contribution < 1.29 is 19.1 Å². The molecule has 0 spiro atoms. The Hall–Kier alpha value is -2.81. The molecule has 4 rings (SSSR count). The number of ether oxygens (including phenoxy) is 2. The van der Waals surface area contributed by atoms with Gasteiger partial charge in [-0.3, -0.25) is 4.79 Å². The highest BCUT2D eigenvalue weighted by molar-refractivity contribution is 5.94. The minimum atomic E-state index is -0.523. The molecule has 1 aromatic heterocycles. The largest absolute Gasteiger partial charge is 0.444 e. The Kier molecular flexibility index (Phi) is 6.28. The van der Waals surface area contributed by atoms with E-state index >= 15 is 0 Å². The van der Waals surface area contributed by atoms with Crippen LogP contribution in [0.25, 0.3) is 11.0 Å². The van der Waals surface area contributed by atoms with Gasteiger partial charge in [0.25, 0.3) is 0 Å². The van der Waals surface area contributed by atoms with Crippen LogP contribution in [-0.4, -0.2) is 71.9 Å². The van der Waals surface area contributed by atoms with Gasteiger partial charge in [0.2, 0.25) is 11.9 Å². The smallest absolute Gasteiger partial charge is 0.410 e. The Balaban J connectivity index is 1.36. The molecule has 174 valence electrons. The van der Waals surface area contributed by atoms with Crippen molar-refractivity contribution in [2.24, 2.45) is 11.8 Å². The van der Waals surface area contributed by atoms with Gasteiger partial charge in [-0.15, -0.1) is 0 Å². The lowest BCUT2D eigenvalue weighted by Crippen LogP contribution is -2.36. The molecule has 0 bridgehead atoms. The van der Waals surface area contributed by atoms with Crippen molar-refractivity contribution in [3.8, 4) is 0 Å². The van der Waals surface area contributed by atoms with Gasteiger partial charge in [-0.2, -0.15) is 0 Å². The zero-order valence-corrected chi connectivity index (χ0v) is 19.3. The van der Waals surface area contributed by atoms with Gasteiger partial charge >= 0.3 is 6.09 Å². The predicted molar refractivity (Wildman–Crippen MR) is 123 cm³/mol. The lowest BCUT2D eigenvalue weighted by Gasteiger charge is -2.26. The average molecular weight is 444 g/mol. The topological polar surface area (TPSA) is 99.8 Å². The maximum absolute atomic E-state index is 12.9. The number of morpholine rings is 1. The number of aromatic amines is 1. The standard InChI is InChI=1S/C23H33N5O4/c1-15(16-7-8-28(14-16)22(30)32-23(2,3)4)20(29)24-17-5-6-18-19(13-17)26-21(25-18)27-9-11-31-12-10-27/h5-6,13,15-16H,7-12,14H2,1-4H3,(H,24,29)(H,25,26). The molecule has 2 aromatic rings. The Labute approximate surface area is 188 Å². The number of hydrogen-bond donors (Lipinski definition) is 2. The van der Waals surface area contributed by atoms with Crippen LogP contribution in [0.1, 0.15) is 34.1 Å². The molecule has 2 N–H and O–H groups in total. The van der Waals surface area contributed by atoms with E-state index in [-0.39, 0.29) is 23.8 Å². The highest BCUT2D eigenvalue weighted by Crippen LogP contribution is 2.27. The number of anilines is 2. The maximum atomic E-state index is 12.9. The summed E-state index contributed by atoms with van der Waals surface area (Å²) in [5.41, 5.74) is 1.95. The number of aromatic nitrogens is 2. The molecule has 2 saturated heterocycles. The fraction of sp³-hybridized carbons (Fsp3) is 0.609. The third-order valence-electron chi connectivity index (χ3n) is 6.04. The number of H-pyrrole nitrogens is 1. The van der Waals surface area contributed by atoms with Crippen molar-refractivity contribution in [3.63, 3.8) is 0 Å². The molecule has 2 aliphatic heterocycles. The van der Waals surface area contributed by atoms with Crippen LogP contribution in [-0.2, 0) is 14.3 Å². The van der Waals surface area contributed by atoms with Crippen LogP contribution in [0.15, 0.2) is 18.2 Å². The summed E-state index contributed by atoms with van der Waals surface area (Å²) in [7, 11) is 0. The van der Waals surface area contributed by atoms with Crippen LogP contribution in [0.4, 0.5) is 16.4 Å². The molecule has 9 heteroatoms. The summed E-state index contributed by atoms with van der Waals surface area (Å²) in [5.74, 6) is 0.664. The van der Waals surface area contributed by atoms with E-state index in [9.17, 15) is 9.59 Å². The van der Waals surface area contributed by atoms with Crippen LogP contribution < -0.4 is 10.2 Å². The first kappa shape index (κ1) is 22.4. The molecule has 2 atom stereocenters. The van der Waals surface area contributed by atoms with Gasteiger partial charge in [-0.1, -0.05) is 6.92 Å². The van der Waals surface area contributed by atoms with Crippen molar-refractivity contribution in [2.45, 2.75) is 39.7 Å². The maximum Gasteiger partial charge on any atom is 0.410 e. The van der Waals surface area contributed by atoms with Gasteiger partial charge in [-0.25, -0.2) is 9.78 Å². The number of rotatable bonds is 4. The molecular formula is C23H33N5O4. The number of carbonyl (C=O) groups is 2. The van der Waals surface area contributed by atoms with E-state index in [1.807, 2.05) is 45.9 Å². The van der Waals surface area contributed by atoms with E-state index in [1.54, 1.807) is 4.90 Å². The first-order valence-electron chi connectivity index (χ1n) is 11.3. The number of nitrogens with zero attached hydrogens (tertiary/aromatic N) is 3. The number of amides is 2. The fourth-order valence-electron chi connectivity index (χ4n) is 4.16. The number of benzene rings is 1. The van der Waals surface area contributed by atoms with E-state index in [0.717, 1.165) is 42.2 Å². The van der Waals surface area contributed by atoms with E-state index in [0.29, 0.717) is 26.3 Å². The van der Waals surface area contributed by atoms with Gasteiger partial charge in [0.15, 0.2) is 0 Å². The molecule has 2 aliphatic rings. The van der Waals surface area contributed by atoms with E-state index in [2.05, 4.69) is 20.2 Å². The summed E-state index contributed by atoms with van der Waals surface area (Å²) in [6, 6.07) is 5.70. The summed E-state index contributed by atoms with van der Waals surface area (Å²) in [6.07, 6.45) is 0.476. The molecule has 1 aromatic carbocycles. The van der Waals surface area contributed by atoms with Crippen molar-refractivity contribution in [2.75, 3.05) is 49.6 Å². The molecule has 3 heterocycles. The lowest BCUT2D eigenvalue weighted by molar-refractivity contribution is -0.120. The van der Waals surface area contributed by atoms with E-state index in [1.165, 1.54) is 0 Å². The number of nitrogens with one attached hydrogen (secondary N) is 2. The highest BCUT2D eigenvalue weighted by Gasteiger charge is 2.35. The van der Waals surface area contributed by atoms with Gasteiger partial charge in [-0.05, 0) is 51.3 Å². The van der Waals surface area contributed by atoms with E-state index < -0.39 is 5.60 Å². The van der Waals surface area contributed by atoms with Crippen LogP contribution >= 0.6 is 0 Å². The average Bonchev–Trinajstić information content (AvgIpc) is 3.40. The first-order valence-corrected chi connectivity index (χ1v) is 11.3. The van der Waals surface area contributed by atoms with Crippen molar-refractivity contribution in [1.82, 2.24) is 14.9 Å². The zero-order chi connectivity index (χ0) is 22.9. The monoisotopic (exact) mass is 443 g/mol. The third kappa shape index (κ3) is 5.15. The Morgan fingerprint density at radius 2 is 2.00 bits per heavy atom. The number of fused-ring (bicyclic) bond motifs is 1. The SMILES string of the molecule is CC(C(=O)Nc1ccc2nc(N3CCOCC3)[nH]c2c1)C1CCN(C(=O)OC(C)(C)C)C1. The quantitative estimate of drug-likeness (QED) is 0.753. The fourth-order valence-corrected chi connectivity index (χ4v) is 4.16. The van der Waals surface area contributed by atoms with Crippen LogP contribution in [0.2, 0.25) is 0 Å². The van der Waals surface area contributed by atoms with Gasteiger partial charge < -0.3 is 29.6 Å². The number of imidazole rings is 1. The highest BCUT2D eigenvalue weighted by atomic mass is 16.6. The minimum absolute atomic E-state index is 0.0479. The van der Waals surface area contributed by atoms with E-state index in [4.69, 9.17) is 9.47 Å². The molecule has 0 aliphatic carbocycles. The summed E-state index contributed by atoms with van der Waals surface area (Å²) in [4.78, 5) is 37.1. The number of likely N-dealkylation sites (tertiary alicyclic amines) is 1. The number of carbonyl (C=O) groups excluding carboxylic acids is 2. The Bertz CT molecular complexity index is 976. The summed E-state index contributed by atoms with van der Waals surface area (Å²) in [6.45, 7) is 11.6. The second-order valence-corrected chi connectivity index (χ2v) is 9.64. The van der Waals surface area contributed by atoms with Gasteiger partial charge in [0, 0.05) is 37.8 Å². The lowest BCUT2D eigenvalue weighted by atomic mass is 9.92. The molecular weight excluding hydrogens is 410 g/mol. The Morgan fingerprint density at radius 1 is 1.25 bits per heavy atom. The molecule has 2 fully saturated rings. The van der Waals surface area contributed by atoms with Crippen LogP contribution in [0.5, 0.6) is 0 Å². The van der Waals surface area contributed by atoms with Crippen molar-refractivity contribution >= 4 is 34.7 Å².